The van der Waals surface area contributed by atoms with Crippen LogP contribution >= 0.6 is 0 Å². The van der Waals surface area contributed by atoms with E-state index in [1.165, 1.54) is 0 Å². The fourth-order valence-corrected chi connectivity index (χ4v) is 1.44. The van der Waals surface area contributed by atoms with Crippen LogP contribution in [0.1, 0.15) is 26.2 Å². The standard InChI is InChI=1S/C9H15O/c1-4-6-9(3)7-5-8(2)10-9/h4,8H,1-2,5-7H2,3H3/q-1. The summed E-state index contributed by atoms with van der Waals surface area (Å²) < 4.78 is 5.61. The minimum absolute atomic E-state index is 0.0359. The van der Waals surface area contributed by atoms with Gasteiger partial charge in [0.1, 0.15) is 0 Å². The summed E-state index contributed by atoms with van der Waals surface area (Å²) in [4.78, 5) is 0. The van der Waals surface area contributed by atoms with Gasteiger partial charge in [0.05, 0.1) is 5.60 Å². The van der Waals surface area contributed by atoms with E-state index in [9.17, 15) is 0 Å². The molecular weight excluding hydrogens is 124 g/mol. The molecule has 0 radical (unpaired) electrons. The topological polar surface area (TPSA) is 9.23 Å². The molecule has 0 spiro atoms. The minimum atomic E-state index is 0.0359. The summed E-state index contributed by atoms with van der Waals surface area (Å²) in [6.45, 7) is 9.68. The van der Waals surface area contributed by atoms with E-state index in [0.717, 1.165) is 19.3 Å². The maximum atomic E-state index is 5.61. The van der Waals surface area contributed by atoms with Crippen molar-refractivity contribution in [3.05, 3.63) is 19.6 Å². The van der Waals surface area contributed by atoms with Crippen molar-refractivity contribution in [3.63, 3.8) is 0 Å². The third-order valence-electron chi connectivity index (χ3n) is 2.02. The average molecular weight is 139 g/mol. The molecule has 1 heteroatoms. The molecular formula is C9H15O-. The van der Waals surface area contributed by atoms with Gasteiger partial charge in [0.2, 0.25) is 0 Å². The zero-order valence-electron chi connectivity index (χ0n) is 6.60. The van der Waals surface area contributed by atoms with Gasteiger partial charge in [-0.3, -0.25) is 0 Å². The molecule has 58 valence electrons. The first kappa shape index (κ1) is 7.80. The van der Waals surface area contributed by atoms with Crippen molar-refractivity contribution >= 4 is 0 Å². The molecule has 0 aliphatic carbocycles. The van der Waals surface area contributed by atoms with Crippen LogP contribution in [-0.2, 0) is 4.74 Å². The summed E-state index contributed by atoms with van der Waals surface area (Å²) >= 11 is 0. The van der Waals surface area contributed by atoms with E-state index in [-0.39, 0.29) is 11.7 Å². The quantitative estimate of drug-likeness (QED) is 0.421. The second-order valence-electron chi connectivity index (χ2n) is 3.22. The van der Waals surface area contributed by atoms with Crippen LogP contribution in [0.5, 0.6) is 0 Å². The molecule has 0 aromatic heterocycles. The van der Waals surface area contributed by atoms with Crippen molar-refractivity contribution in [1.82, 2.24) is 0 Å². The zero-order valence-corrected chi connectivity index (χ0v) is 6.60. The van der Waals surface area contributed by atoms with Crippen LogP contribution in [0.2, 0.25) is 0 Å². The Labute approximate surface area is 63.1 Å². The molecule has 1 aliphatic rings. The van der Waals surface area contributed by atoms with Crippen LogP contribution in [0.3, 0.4) is 0 Å². The second kappa shape index (κ2) is 2.75. The van der Waals surface area contributed by atoms with Gasteiger partial charge in [-0.1, -0.05) is 18.6 Å². The molecule has 0 aromatic rings. The molecule has 10 heavy (non-hydrogen) atoms. The summed E-state index contributed by atoms with van der Waals surface area (Å²) in [6, 6.07) is 0. The first-order valence-corrected chi connectivity index (χ1v) is 3.78. The fourth-order valence-electron chi connectivity index (χ4n) is 1.44. The normalized spacial score (nSPS) is 40.0. The summed E-state index contributed by atoms with van der Waals surface area (Å²) in [5.74, 6) is 0. The summed E-state index contributed by atoms with van der Waals surface area (Å²) in [5.41, 5.74) is 0.0359. The van der Waals surface area contributed by atoms with E-state index in [0.29, 0.717) is 0 Å². The lowest BCUT2D eigenvalue weighted by Gasteiger charge is -2.24. The van der Waals surface area contributed by atoms with E-state index < -0.39 is 0 Å². The second-order valence-corrected chi connectivity index (χ2v) is 3.22. The lowest BCUT2D eigenvalue weighted by molar-refractivity contribution is -0.00786. The van der Waals surface area contributed by atoms with E-state index in [4.69, 9.17) is 4.74 Å². The average Bonchev–Trinajstić information content (AvgIpc) is 2.12. The SMILES string of the molecule is C=CCC1(C)CCC([CH2-])O1. The molecule has 0 amide bonds. The van der Waals surface area contributed by atoms with E-state index >= 15 is 0 Å². The number of hydrogen-bond acceptors (Lipinski definition) is 1. The Balaban J connectivity index is 2.45. The Kier molecular flexibility index (Phi) is 2.14. The highest BCUT2D eigenvalue weighted by molar-refractivity contribution is 4.91. The third-order valence-corrected chi connectivity index (χ3v) is 2.02. The van der Waals surface area contributed by atoms with E-state index in [2.05, 4.69) is 20.4 Å². The van der Waals surface area contributed by atoms with Crippen molar-refractivity contribution in [2.75, 3.05) is 0 Å². The molecule has 1 fully saturated rings. The monoisotopic (exact) mass is 139 g/mol. The van der Waals surface area contributed by atoms with Gasteiger partial charge >= 0.3 is 0 Å². The maximum Gasteiger partial charge on any atom is 0.0656 e. The summed E-state index contributed by atoms with van der Waals surface area (Å²) in [5, 5.41) is 0. The molecule has 0 N–H and O–H groups in total. The van der Waals surface area contributed by atoms with Crippen molar-refractivity contribution in [3.8, 4) is 0 Å². The molecule has 1 heterocycles. The van der Waals surface area contributed by atoms with Gasteiger partial charge in [-0.05, 0) is 19.8 Å². The van der Waals surface area contributed by atoms with Crippen LogP contribution in [0.25, 0.3) is 0 Å². The van der Waals surface area contributed by atoms with Crippen LogP contribution in [0.4, 0.5) is 0 Å². The van der Waals surface area contributed by atoms with Gasteiger partial charge in [-0.25, -0.2) is 0 Å². The number of rotatable bonds is 2. The molecule has 0 aromatic carbocycles. The highest BCUT2D eigenvalue weighted by atomic mass is 16.5. The summed E-state index contributed by atoms with van der Waals surface area (Å²) in [6.07, 6.45) is 5.26. The molecule has 1 aliphatic heterocycles. The highest BCUT2D eigenvalue weighted by Gasteiger charge is 2.29. The summed E-state index contributed by atoms with van der Waals surface area (Å²) in [7, 11) is 0. The lowest BCUT2D eigenvalue weighted by Crippen LogP contribution is -2.23. The van der Waals surface area contributed by atoms with Gasteiger partial charge < -0.3 is 11.7 Å². The fraction of sp³-hybridized carbons (Fsp3) is 0.667. The maximum absolute atomic E-state index is 5.61. The smallest absolute Gasteiger partial charge is 0.0656 e. The van der Waals surface area contributed by atoms with Crippen molar-refractivity contribution in [1.29, 1.82) is 0 Å². The van der Waals surface area contributed by atoms with Crippen LogP contribution in [-0.4, -0.2) is 11.7 Å². The van der Waals surface area contributed by atoms with Crippen LogP contribution < -0.4 is 0 Å². The molecule has 2 atom stereocenters. The Morgan fingerprint density at radius 2 is 2.60 bits per heavy atom. The first-order chi connectivity index (χ1) is 4.66. The van der Waals surface area contributed by atoms with E-state index in [1.54, 1.807) is 0 Å². The number of hydrogen-bond donors (Lipinski definition) is 0. The zero-order chi connectivity index (χ0) is 7.61. The Bertz CT molecular complexity index is 131. The first-order valence-electron chi connectivity index (χ1n) is 3.78. The molecule has 1 saturated heterocycles. The Morgan fingerprint density at radius 1 is 1.90 bits per heavy atom. The predicted molar refractivity (Wildman–Crippen MR) is 42.7 cm³/mol. The number of ether oxygens (including phenoxy) is 1. The van der Waals surface area contributed by atoms with Gasteiger partial charge in [0.25, 0.3) is 0 Å². The van der Waals surface area contributed by atoms with Crippen LogP contribution in [0, 0.1) is 6.92 Å². The lowest BCUT2D eigenvalue weighted by atomic mass is 9.98. The van der Waals surface area contributed by atoms with Gasteiger partial charge in [-0.15, -0.1) is 6.58 Å². The molecule has 1 rings (SSSR count). The van der Waals surface area contributed by atoms with Gasteiger partial charge in [-0.2, -0.15) is 0 Å². The Morgan fingerprint density at radius 3 is 3.00 bits per heavy atom. The van der Waals surface area contributed by atoms with E-state index in [1.807, 2.05) is 6.08 Å². The van der Waals surface area contributed by atoms with Crippen molar-refractivity contribution in [2.24, 2.45) is 0 Å². The third kappa shape index (κ3) is 1.60. The molecule has 0 bridgehead atoms. The van der Waals surface area contributed by atoms with Crippen molar-refractivity contribution < 1.29 is 4.74 Å². The molecule has 2 unspecified atom stereocenters. The largest absolute Gasteiger partial charge is 0.404 e. The highest BCUT2D eigenvalue weighted by Crippen LogP contribution is 2.32. The van der Waals surface area contributed by atoms with Crippen LogP contribution in [0.15, 0.2) is 12.7 Å². The van der Waals surface area contributed by atoms with Gasteiger partial charge in [0.15, 0.2) is 0 Å². The molecule has 1 nitrogen and oxygen atoms in total. The minimum Gasteiger partial charge on any atom is -0.404 e. The predicted octanol–water partition coefficient (Wildman–Crippen LogP) is 2.33. The van der Waals surface area contributed by atoms with Gasteiger partial charge in [0, 0.05) is 0 Å². The van der Waals surface area contributed by atoms with Crippen molar-refractivity contribution in [2.45, 2.75) is 37.9 Å². The molecule has 0 saturated carbocycles. The Hall–Kier alpha value is -0.300.